The lowest BCUT2D eigenvalue weighted by molar-refractivity contribution is 0.734. The zero-order valence-corrected chi connectivity index (χ0v) is 20.9. The number of rotatable bonds is 5. The molecule has 1 heteroatoms. The van der Waals surface area contributed by atoms with Crippen LogP contribution in [0.1, 0.15) is 48.4 Å². The molecule has 0 saturated heterocycles. The monoisotopic (exact) mass is 443 g/mol. The highest BCUT2D eigenvalue weighted by Gasteiger charge is 2.25. The van der Waals surface area contributed by atoms with Crippen LogP contribution in [0, 0.1) is 20.8 Å². The minimum absolute atomic E-state index is 0.447. The lowest BCUT2D eigenvalue weighted by Gasteiger charge is -2.34. The van der Waals surface area contributed by atoms with Gasteiger partial charge in [0.2, 0.25) is 0 Å². The summed E-state index contributed by atoms with van der Waals surface area (Å²) in [6.07, 6.45) is 1.10. The summed E-state index contributed by atoms with van der Waals surface area (Å²) in [5.74, 6) is 0.447. The molecule has 0 radical (unpaired) electrons. The highest BCUT2D eigenvalue weighted by molar-refractivity contribution is 6.06. The van der Waals surface area contributed by atoms with E-state index >= 15 is 0 Å². The van der Waals surface area contributed by atoms with Crippen LogP contribution in [0.3, 0.4) is 0 Å². The van der Waals surface area contributed by atoms with E-state index in [1.165, 1.54) is 60.9 Å². The molecule has 0 aliphatic rings. The Morgan fingerprint density at radius 1 is 0.647 bits per heavy atom. The van der Waals surface area contributed by atoms with Crippen LogP contribution in [0.25, 0.3) is 21.5 Å². The Hall–Kier alpha value is -3.58. The van der Waals surface area contributed by atoms with Crippen LogP contribution < -0.4 is 4.90 Å². The van der Waals surface area contributed by atoms with Gasteiger partial charge in [-0.2, -0.15) is 0 Å². The third-order valence-corrected chi connectivity index (χ3v) is 7.19. The normalized spacial score (nSPS) is 12.3. The van der Waals surface area contributed by atoms with Crippen LogP contribution in [0.4, 0.5) is 17.1 Å². The molecule has 0 fully saturated rings. The lowest BCUT2D eigenvalue weighted by atomic mass is 9.91. The predicted octanol–water partition coefficient (Wildman–Crippen LogP) is 9.90. The van der Waals surface area contributed by atoms with Crippen molar-refractivity contribution in [3.8, 4) is 0 Å². The van der Waals surface area contributed by atoms with Gasteiger partial charge in [0.15, 0.2) is 0 Å². The van der Waals surface area contributed by atoms with Crippen LogP contribution >= 0.6 is 0 Å². The van der Waals surface area contributed by atoms with Gasteiger partial charge < -0.3 is 4.90 Å². The van der Waals surface area contributed by atoms with E-state index < -0.39 is 0 Å². The van der Waals surface area contributed by atoms with Gasteiger partial charge in [-0.3, -0.25) is 0 Å². The van der Waals surface area contributed by atoms with Crippen LogP contribution in [-0.4, -0.2) is 0 Å². The summed E-state index contributed by atoms with van der Waals surface area (Å²) in [7, 11) is 0. The molecule has 170 valence electrons. The molecular weight excluding hydrogens is 410 g/mol. The number of hydrogen-bond donors (Lipinski definition) is 0. The van der Waals surface area contributed by atoms with Gasteiger partial charge in [-0.15, -0.1) is 0 Å². The zero-order chi connectivity index (χ0) is 23.8. The lowest BCUT2D eigenvalue weighted by Crippen LogP contribution is -2.16. The minimum Gasteiger partial charge on any atom is -0.308 e. The Balaban J connectivity index is 1.98. The van der Waals surface area contributed by atoms with Gasteiger partial charge in [0.1, 0.15) is 0 Å². The van der Waals surface area contributed by atoms with Crippen molar-refractivity contribution in [2.45, 2.75) is 47.0 Å². The number of aryl methyl sites for hydroxylation is 3. The number of fused-ring (bicyclic) bond motifs is 2. The summed E-state index contributed by atoms with van der Waals surface area (Å²) in [6.45, 7) is 11.3. The number of para-hydroxylation sites is 1. The Morgan fingerprint density at radius 2 is 1.29 bits per heavy atom. The largest absolute Gasteiger partial charge is 0.308 e. The molecule has 5 aromatic carbocycles. The molecule has 0 bridgehead atoms. The van der Waals surface area contributed by atoms with Crippen molar-refractivity contribution in [1.29, 1.82) is 0 Å². The van der Waals surface area contributed by atoms with Crippen LogP contribution in [0.15, 0.2) is 91.0 Å². The van der Waals surface area contributed by atoms with E-state index in [1.54, 1.807) is 0 Å². The van der Waals surface area contributed by atoms with Crippen molar-refractivity contribution in [3.63, 3.8) is 0 Å². The molecule has 0 spiro atoms. The molecule has 0 amide bonds. The van der Waals surface area contributed by atoms with Crippen molar-refractivity contribution < 1.29 is 0 Å². The standard InChI is InChI=1S/C33H33N/c1-6-23(3)28-19-18-26-14-7-10-17-30(26)33(28)34(32-24(4)12-11-13-25(32)5)31-21-22(2)20-27-15-8-9-16-29(27)31/h7-21,23H,6H2,1-5H3. The van der Waals surface area contributed by atoms with Crippen LogP contribution in [0.2, 0.25) is 0 Å². The van der Waals surface area contributed by atoms with Gasteiger partial charge >= 0.3 is 0 Å². The molecule has 1 nitrogen and oxygen atoms in total. The number of hydrogen-bond acceptors (Lipinski definition) is 1. The van der Waals surface area contributed by atoms with Crippen molar-refractivity contribution in [2.75, 3.05) is 4.90 Å². The highest BCUT2D eigenvalue weighted by atomic mass is 15.2. The van der Waals surface area contributed by atoms with Gasteiger partial charge in [-0.25, -0.2) is 0 Å². The van der Waals surface area contributed by atoms with Crippen LogP contribution in [0.5, 0.6) is 0 Å². The maximum atomic E-state index is 2.56. The molecule has 0 aromatic heterocycles. The summed E-state index contributed by atoms with van der Waals surface area (Å²) in [4.78, 5) is 2.56. The summed E-state index contributed by atoms with van der Waals surface area (Å²) in [5.41, 5.74) is 9.07. The third-order valence-electron chi connectivity index (χ3n) is 7.19. The quantitative estimate of drug-likeness (QED) is 0.261. The predicted molar refractivity (Wildman–Crippen MR) is 149 cm³/mol. The first-order valence-corrected chi connectivity index (χ1v) is 12.4. The zero-order valence-electron chi connectivity index (χ0n) is 20.9. The first kappa shape index (κ1) is 22.2. The molecular formula is C33H33N. The topological polar surface area (TPSA) is 3.24 Å². The SMILES string of the molecule is CCC(C)c1ccc2ccccc2c1N(c1c(C)cccc1C)c1cc(C)cc2ccccc12. The molecule has 5 rings (SSSR count). The summed E-state index contributed by atoms with van der Waals surface area (Å²) < 4.78 is 0. The van der Waals surface area contributed by atoms with E-state index in [1.807, 2.05) is 0 Å². The van der Waals surface area contributed by atoms with E-state index in [-0.39, 0.29) is 0 Å². The number of benzene rings is 5. The van der Waals surface area contributed by atoms with E-state index in [9.17, 15) is 0 Å². The second-order valence-corrected chi connectivity index (χ2v) is 9.61. The van der Waals surface area contributed by atoms with Gasteiger partial charge in [0, 0.05) is 10.8 Å². The van der Waals surface area contributed by atoms with Gasteiger partial charge in [-0.1, -0.05) is 98.8 Å². The molecule has 0 heterocycles. The summed E-state index contributed by atoms with van der Waals surface area (Å²) >= 11 is 0. The fraction of sp³-hybridized carbons (Fsp3) is 0.212. The first-order valence-electron chi connectivity index (χ1n) is 12.4. The number of anilines is 3. The summed E-state index contributed by atoms with van der Waals surface area (Å²) in [5, 5.41) is 5.13. The fourth-order valence-corrected chi connectivity index (χ4v) is 5.27. The Morgan fingerprint density at radius 3 is 2.00 bits per heavy atom. The first-order chi connectivity index (χ1) is 16.5. The maximum Gasteiger partial charge on any atom is 0.0575 e. The highest BCUT2D eigenvalue weighted by Crippen LogP contribution is 2.48. The average molecular weight is 444 g/mol. The molecule has 5 aromatic rings. The van der Waals surface area contributed by atoms with E-state index in [0.29, 0.717) is 5.92 Å². The molecule has 0 aliphatic heterocycles. The maximum absolute atomic E-state index is 2.56. The average Bonchev–Trinajstić information content (AvgIpc) is 2.85. The second kappa shape index (κ2) is 8.99. The van der Waals surface area contributed by atoms with E-state index in [0.717, 1.165) is 6.42 Å². The Kier molecular flexibility index (Phi) is 5.87. The Bertz CT molecular complexity index is 1470. The van der Waals surface area contributed by atoms with Crippen molar-refractivity contribution in [1.82, 2.24) is 0 Å². The smallest absolute Gasteiger partial charge is 0.0575 e. The van der Waals surface area contributed by atoms with Gasteiger partial charge in [0.25, 0.3) is 0 Å². The third kappa shape index (κ3) is 3.76. The molecule has 34 heavy (non-hydrogen) atoms. The number of nitrogens with zero attached hydrogens (tertiary/aromatic N) is 1. The fourth-order valence-electron chi connectivity index (χ4n) is 5.27. The Labute approximate surface area is 203 Å². The van der Waals surface area contributed by atoms with Crippen molar-refractivity contribution in [3.05, 3.63) is 113 Å². The minimum atomic E-state index is 0.447. The van der Waals surface area contributed by atoms with E-state index in [4.69, 9.17) is 0 Å². The summed E-state index contributed by atoms with van der Waals surface area (Å²) in [6, 6.07) is 33.5. The molecule has 0 saturated carbocycles. The van der Waals surface area contributed by atoms with Crippen molar-refractivity contribution >= 4 is 38.6 Å². The second-order valence-electron chi connectivity index (χ2n) is 9.61. The van der Waals surface area contributed by atoms with Gasteiger partial charge in [-0.05, 0) is 72.2 Å². The molecule has 0 N–H and O–H groups in total. The van der Waals surface area contributed by atoms with Gasteiger partial charge in [0.05, 0.1) is 17.1 Å². The van der Waals surface area contributed by atoms with E-state index in [2.05, 4.69) is 131 Å². The van der Waals surface area contributed by atoms with Crippen LogP contribution in [-0.2, 0) is 0 Å². The molecule has 1 atom stereocenters. The molecule has 1 unspecified atom stereocenters. The molecule has 0 aliphatic carbocycles. The van der Waals surface area contributed by atoms with Crippen molar-refractivity contribution in [2.24, 2.45) is 0 Å².